The monoisotopic (exact) mass is 567 g/mol. The van der Waals surface area contributed by atoms with E-state index in [4.69, 9.17) is 18.9 Å². The van der Waals surface area contributed by atoms with Crippen LogP contribution in [0.5, 0.6) is 0 Å². The van der Waals surface area contributed by atoms with Gasteiger partial charge in [0.15, 0.2) is 18.9 Å². The first kappa shape index (κ1) is 30.7. The van der Waals surface area contributed by atoms with Crippen LogP contribution in [0.3, 0.4) is 0 Å². The minimum Gasteiger partial charge on any atom is -0.393 e. The summed E-state index contributed by atoms with van der Waals surface area (Å²) >= 11 is 4.27. The van der Waals surface area contributed by atoms with Gasteiger partial charge in [0.1, 0.15) is 22.5 Å². The highest BCUT2D eigenvalue weighted by Crippen LogP contribution is 2.26. The van der Waals surface area contributed by atoms with Crippen molar-refractivity contribution in [3.05, 3.63) is 0 Å². The molecule has 0 aromatic heterocycles. The van der Waals surface area contributed by atoms with Crippen molar-refractivity contribution < 1.29 is 54.4 Å². The van der Waals surface area contributed by atoms with Crippen molar-refractivity contribution in [2.24, 2.45) is 0 Å². The third kappa shape index (κ3) is 10.8. The Morgan fingerprint density at radius 1 is 0.882 bits per heavy atom. The molecule has 16 heteroatoms. The highest BCUT2D eigenvalue weighted by Gasteiger charge is 2.32. The molecular weight excluding hydrogens is 534 g/mol. The van der Waals surface area contributed by atoms with E-state index in [9.17, 15) is 35.4 Å². The molecule has 2 rings (SSSR count). The zero-order valence-electron chi connectivity index (χ0n) is 18.6. The summed E-state index contributed by atoms with van der Waals surface area (Å²) in [5.41, 5.74) is -2.43. The normalized spacial score (nSPS) is 36.1. The predicted octanol–water partition coefficient (Wildman–Crippen LogP) is -0.940. The van der Waals surface area contributed by atoms with Gasteiger partial charge in [-0.2, -0.15) is 0 Å². The number of ether oxygens (including phenoxy) is 4. The lowest BCUT2D eigenvalue weighted by Gasteiger charge is -2.30. The predicted molar refractivity (Wildman–Crippen MR) is 130 cm³/mol. The second-order valence-electron chi connectivity index (χ2n) is 7.24. The first-order chi connectivity index (χ1) is 16.2. The molecule has 0 radical (unpaired) electrons. The maximum Gasteiger partial charge on any atom is 0.283 e. The number of amides is 1. The van der Waals surface area contributed by atoms with Gasteiger partial charge >= 0.3 is 0 Å². The third-order valence-corrected chi connectivity index (χ3v) is 8.69. The molecule has 200 valence electrons. The SMILES string of the molecule is CC(CN1C(=O)SC[C@H]1O)OC1CS[C@H](CO)OC(O)CS[C@@H](CO)OC(O)CS[C@H](CO)O1. The van der Waals surface area contributed by atoms with Crippen LogP contribution >= 0.6 is 47.0 Å². The van der Waals surface area contributed by atoms with Gasteiger partial charge in [0.2, 0.25) is 0 Å². The Balaban J connectivity index is 2.06. The van der Waals surface area contributed by atoms with Gasteiger partial charge < -0.3 is 54.5 Å². The van der Waals surface area contributed by atoms with Gasteiger partial charge in [-0.25, -0.2) is 0 Å². The molecule has 1 amide bonds. The molecule has 2 fully saturated rings. The molecule has 0 aromatic rings. The van der Waals surface area contributed by atoms with Gasteiger partial charge in [-0.05, 0) is 6.92 Å². The Morgan fingerprint density at radius 2 is 1.38 bits per heavy atom. The summed E-state index contributed by atoms with van der Waals surface area (Å²) < 4.78 is 22.6. The van der Waals surface area contributed by atoms with Crippen LogP contribution in [0.1, 0.15) is 6.92 Å². The zero-order valence-corrected chi connectivity index (χ0v) is 21.8. The van der Waals surface area contributed by atoms with Crippen molar-refractivity contribution >= 4 is 52.3 Å². The lowest BCUT2D eigenvalue weighted by molar-refractivity contribution is -0.170. The van der Waals surface area contributed by atoms with Crippen LogP contribution < -0.4 is 0 Å². The average molecular weight is 568 g/mol. The summed E-state index contributed by atoms with van der Waals surface area (Å²) in [6, 6.07) is 0. The van der Waals surface area contributed by atoms with E-state index < -0.39 is 67.3 Å². The number of carbonyl (C=O) groups excluding carboxylic acids is 1. The first-order valence-corrected chi connectivity index (χ1v) is 14.7. The highest BCUT2D eigenvalue weighted by atomic mass is 32.2. The van der Waals surface area contributed by atoms with Crippen molar-refractivity contribution in [2.45, 2.75) is 54.4 Å². The van der Waals surface area contributed by atoms with Crippen LogP contribution in [0, 0.1) is 0 Å². The van der Waals surface area contributed by atoms with Crippen molar-refractivity contribution in [3.8, 4) is 0 Å². The van der Waals surface area contributed by atoms with E-state index in [1.54, 1.807) is 6.92 Å². The number of thioether (sulfide) groups is 4. The molecule has 6 N–H and O–H groups in total. The number of carbonyl (C=O) groups is 1. The molecule has 8 atom stereocenters. The topological polar surface area (TPSA) is 179 Å². The molecule has 12 nitrogen and oxygen atoms in total. The van der Waals surface area contributed by atoms with Gasteiger partial charge in [0.05, 0.1) is 32.5 Å². The van der Waals surface area contributed by atoms with E-state index in [0.717, 1.165) is 47.0 Å². The second kappa shape index (κ2) is 16.3. The first-order valence-electron chi connectivity index (χ1n) is 10.5. The summed E-state index contributed by atoms with van der Waals surface area (Å²) in [5, 5.41) is 58.8. The fourth-order valence-electron chi connectivity index (χ4n) is 2.89. The molecule has 0 spiro atoms. The minimum atomic E-state index is -1.27. The van der Waals surface area contributed by atoms with Crippen molar-refractivity contribution in [3.63, 3.8) is 0 Å². The van der Waals surface area contributed by atoms with E-state index in [1.165, 1.54) is 4.90 Å². The molecule has 4 unspecified atom stereocenters. The van der Waals surface area contributed by atoms with E-state index in [-0.39, 0.29) is 34.8 Å². The summed E-state index contributed by atoms with van der Waals surface area (Å²) in [5.74, 6) is 0.485. The van der Waals surface area contributed by atoms with Gasteiger partial charge in [0.25, 0.3) is 5.24 Å². The maximum absolute atomic E-state index is 11.9. The lowest BCUT2D eigenvalue weighted by atomic mass is 10.3. The Hall–Kier alpha value is 0.470. The molecule has 0 aliphatic carbocycles. The molecule has 2 aliphatic heterocycles. The van der Waals surface area contributed by atoms with Gasteiger partial charge in [-0.15, -0.1) is 35.3 Å². The standard InChI is InChI=1S/C18H33NO11S4/c1-10(2-19-11(23)6-34-18(19)26)27-14-9-33-16(4-21)29-12(24)7-31-15(3-20)28-13(25)8-32-17(5-22)30-14/h10-17,20-25H,2-9H2,1H3/t10?,11-,12?,13?,14?,15+,16-,17-/m1/s1. The molecular formula is C18H33NO11S4. The molecule has 0 bridgehead atoms. The van der Waals surface area contributed by atoms with Crippen LogP contribution in [0.25, 0.3) is 0 Å². The van der Waals surface area contributed by atoms with Crippen LogP contribution in [0.15, 0.2) is 0 Å². The molecule has 0 saturated carbocycles. The second-order valence-corrected chi connectivity index (χ2v) is 11.8. The Labute approximate surface area is 215 Å². The number of aliphatic hydroxyl groups excluding tert-OH is 6. The number of hydrogen-bond acceptors (Lipinski definition) is 15. The molecule has 2 saturated heterocycles. The Bertz CT molecular complexity index is 598. The average Bonchev–Trinajstić information content (AvgIpc) is 3.12. The van der Waals surface area contributed by atoms with Crippen LogP contribution in [-0.4, -0.2) is 138 Å². The fourth-order valence-corrected chi connectivity index (χ4v) is 6.11. The van der Waals surface area contributed by atoms with Crippen LogP contribution in [0.4, 0.5) is 4.79 Å². The molecule has 2 heterocycles. The summed E-state index contributed by atoms with van der Waals surface area (Å²) in [4.78, 5) is 13.2. The van der Waals surface area contributed by atoms with Crippen LogP contribution in [0.2, 0.25) is 0 Å². The third-order valence-electron chi connectivity index (χ3n) is 4.42. The number of aliphatic hydroxyl groups is 6. The molecule has 34 heavy (non-hydrogen) atoms. The van der Waals surface area contributed by atoms with Crippen molar-refractivity contribution in [2.75, 3.05) is 49.4 Å². The Morgan fingerprint density at radius 3 is 1.85 bits per heavy atom. The van der Waals surface area contributed by atoms with E-state index in [1.807, 2.05) is 0 Å². The van der Waals surface area contributed by atoms with Crippen molar-refractivity contribution in [1.29, 1.82) is 0 Å². The lowest BCUT2D eigenvalue weighted by Crippen LogP contribution is -2.41. The van der Waals surface area contributed by atoms with Crippen molar-refractivity contribution in [1.82, 2.24) is 4.90 Å². The number of hydrogen-bond donors (Lipinski definition) is 6. The summed E-state index contributed by atoms with van der Waals surface area (Å²) in [6.07, 6.45) is -4.89. The summed E-state index contributed by atoms with van der Waals surface area (Å²) in [6.45, 7) is 0.628. The van der Waals surface area contributed by atoms with Crippen LogP contribution in [-0.2, 0) is 18.9 Å². The summed E-state index contributed by atoms with van der Waals surface area (Å²) in [7, 11) is 0. The quantitative estimate of drug-likeness (QED) is 0.222. The van der Waals surface area contributed by atoms with Gasteiger partial charge in [-0.1, -0.05) is 11.8 Å². The zero-order chi connectivity index (χ0) is 25.1. The largest absolute Gasteiger partial charge is 0.393 e. The number of nitrogens with zero attached hydrogens (tertiary/aromatic N) is 1. The fraction of sp³-hybridized carbons (Fsp3) is 0.944. The number of rotatable bonds is 7. The van der Waals surface area contributed by atoms with E-state index >= 15 is 0 Å². The molecule has 0 aromatic carbocycles. The smallest absolute Gasteiger partial charge is 0.283 e. The Kier molecular flexibility index (Phi) is 14.8. The van der Waals surface area contributed by atoms with E-state index in [2.05, 4.69) is 0 Å². The van der Waals surface area contributed by atoms with E-state index in [0.29, 0.717) is 0 Å². The van der Waals surface area contributed by atoms with Gasteiger partial charge in [-0.3, -0.25) is 4.79 Å². The molecule has 2 aliphatic rings. The minimum absolute atomic E-state index is 0.0269. The van der Waals surface area contributed by atoms with Gasteiger partial charge in [0, 0.05) is 23.0 Å². The maximum atomic E-state index is 11.9. The highest BCUT2D eigenvalue weighted by molar-refractivity contribution is 8.13.